The van der Waals surface area contributed by atoms with E-state index in [4.69, 9.17) is 5.10 Å². The number of fused-ring (bicyclic) bond motifs is 1. The van der Waals surface area contributed by atoms with E-state index in [2.05, 4.69) is 22.1 Å². The molecule has 26 heavy (non-hydrogen) atoms. The molecular weight excluding hydrogens is 322 g/mol. The predicted octanol–water partition coefficient (Wildman–Crippen LogP) is 4.76. The van der Waals surface area contributed by atoms with Crippen molar-refractivity contribution in [2.45, 2.75) is 76.8 Å². The molecule has 1 fully saturated rings. The van der Waals surface area contributed by atoms with Crippen molar-refractivity contribution in [1.29, 1.82) is 0 Å². The van der Waals surface area contributed by atoms with Crippen LogP contribution in [0.25, 0.3) is 0 Å². The van der Waals surface area contributed by atoms with Crippen molar-refractivity contribution in [2.75, 3.05) is 0 Å². The van der Waals surface area contributed by atoms with E-state index >= 15 is 0 Å². The number of carbonyl (C=O) groups is 1. The van der Waals surface area contributed by atoms with Crippen LogP contribution in [0.5, 0.6) is 0 Å². The zero-order valence-electron chi connectivity index (χ0n) is 15.7. The molecule has 1 heterocycles. The number of benzene rings is 1. The maximum absolute atomic E-state index is 13.0. The Morgan fingerprint density at radius 1 is 1.08 bits per heavy atom. The number of amides is 1. The number of nitrogens with one attached hydrogen (secondary N) is 1. The van der Waals surface area contributed by atoms with Crippen LogP contribution in [0, 0.1) is 0 Å². The van der Waals surface area contributed by atoms with E-state index in [0.717, 1.165) is 24.8 Å². The van der Waals surface area contributed by atoms with Gasteiger partial charge in [0.05, 0.1) is 12.1 Å². The van der Waals surface area contributed by atoms with Gasteiger partial charge >= 0.3 is 0 Å². The summed E-state index contributed by atoms with van der Waals surface area (Å²) in [6.45, 7) is 2.04. The molecule has 0 bridgehead atoms. The standard InChI is InChI=1S/C22H29N3O/c1-16(17-10-4-2-5-11-17)23-22(26)21-19-14-8-9-15-20(19)25(24-21)18-12-6-3-7-13-18/h2,4-5,10-11,16,18H,3,6-9,12-15H2,1H3,(H,23,26)/t16-/m1/s1. The fourth-order valence-electron chi connectivity index (χ4n) is 4.53. The lowest BCUT2D eigenvalue weighted by molar-refractivity contribution is 0.0932. The van der Waals surface area contributed by atoms with Gasteiger partial charge in [-0.25, -0.2) is 0 Å². The Hall–Kier alpha value is -2.10. The van der Waals surface area contributed by atoms with Gasteiger partial charge in [-0.3, -0.25) is 9.48 Å². The minimum Gasteiger partial charge on any atom is -0.344 e. The van der Waals surface area contributed by atoms with Crippen molar-refractivity contribution in [3.63, 3.8) is 0 Å². The highest BCUT2D eigenvalue weighted by Crippen LogP contribution is 2.33. The second-order valence-electron chi connectivity index (χ2n) is 7.82. The molecule has 2 aliphatic rings. The summed E-state index contributed by atoms with van der Waals surface area (Å²) < 4.78 is 2.23. The fraction of sp³-hybridized carbons (Fsp3) is 0.545. The summed E-state index contributed by atoms with van der Waals surface area (Å²) >= 11 is 0. The molecule has 1 saturated carbocycles. The summed E-state index contributed by atoms with van der Waals surface area (Å²) in [7, 11) is 0. The first kappa shape index (κ1) is 17.3. The molecule has 1 atom stereocenters. The van der Waals surface area contributed by atoms with Crippen molar-refractivity contribution in [2.24, 2.45) is 0 Å². The van der Waals surface area contributed by atoms with E-state index in [1.165, 1.54) is 49.8 Å². The minimum absolute atomic E-state index is 0.0113. The van der Waals surface area contributed by atoms with Crippen molar-refractivity contribution < 1.29 is 4.79 Å². The van der Waals surface area contributed by atoms with Crippen LogP contribution >= 0.6 is 0 Å². The largest absolute Gasteiger partial charge is 0.344 e. The molecule has 4 nitrogen and oxygen atoms in total. The van der Waals surface area contributed by atoms with Gasteiger partial charge in [-0.1, -0.05) is 49.6 Å². The maximum Gasteiger partial charge on any atom is 0.272 e. The van der Waals surface area contributed by atoms with Crippen LogP contribution < -0.4 is 5.32 Å². The summed E-state index contributed by atoms with van der Waals surface area (Å²) in [5.74, 6) is -0.0194. The molecule has 0 aliphatic heterocycles. The lowest BCUT2D eigenvalue weighted by atomic mass is 9.92. The molecule has 0 saturated heterocycles. The third-order valence-electron chi connectivity index (χ3n) is 5.99. The van der Waals surface area contributed by atoms with Gasteiger partial charge in [0.15, 0.2) is 5.69 Å². The molecule has 1 aromatic carbocycles. The molecule has 1 N–H and O–H groups in total. The topological polar surface area (TPSA) is 46.9 Å². The first-order valence-electron chi connectivity index (χ1n) is 10.2. The molecule has 2 aliphatic carbocycles. The van der Waals surface area contributed by atoms with E-state index in [9.17, 15) is 4.79 Å². The zero-order chi connectivity index (χ0) is 17.9. The highest BCUT2D eigenvalue weighted by Gasteiger charge is 2.29. The Labute approximate surface area is 156 Å². The van der Waals surface area contributed by atoms with Crippen LogP contribution in [-0.2, 0) is 12.8 Å². The monoisotopic (exact) mass is 351 g/mol. The lowest BCUT2D eigenvalue weighted by Crippen LogP contribution is -2.28. The average molecular weight is 351 g/mol. The molecule has 1 amide bonds. The summed E-state index contributed by atoms with van der Waals surface area (Å²) in [5.41, 5.74) is 4.34. The fourth-order valence-corrected chi connectivity index (χ4v) is 4.53. The second-order valence-corrected chi connectivity index (χ2v) is 7.82. The number of hydrogen-bond acceptors (Lipinski definition) is 2. The molecule has 138 valence electrons. The Morgan fingerprint density at radius 3 is 2.58 bits per heavy atom. The molecule has 4 rings (SSSR count). The number of hydrogen-bond donors (Lipinski definition) is 1. The number of carbonyl (C=O) groups excluding carboxylic acids is 1. The summed E-state index contributed by atoms with van der Waals surface area (Å²) in [4.78, 5) is 13.0. The highest BCUT2D eigenvalue weighted by molar-refractivity contribution is 5.94. The van der Waals surface area contributed by atoms with E-state index in [1.54, 1.807) is 0 Å². The van der Waals surface area contributed by atoms with Crippen LogP contribution in [0.4, 0.5) is 0 Å². The second kappa shape index (κ2) is 7.65. The minimum atomic E-state index is -0.0194. The Balaban J connectivity index is 1.59. The van der Waals surface area contributed by atoms with Gasteiger partial charge in [-0.2, -0.15) is 5.10 Å². The molecular formula is C22H29N3O. The van der Waals surface area contributed by atoms with E-state index in [1.807, 2.05) is 25.1 Å². The third-order valence-corrected chi connectivity index (χ3v) is 5.99. The molecule has 0 spiro atoms. The van der Waals surface area contributed by atoms with E-state index < -0.39 is 0 Å². The lowest BCUT2D eigenvalue weighted by Gasteiger charge is -2.25. The van der Waals surface area contributed by atoms with Crippen molar-refractivity contribution >= 4 is 5.91 Å². The van der Waals surface area contributed by atoms with Crippen LogP contribution in [0.3, 0.4) is 0 Å². The molecule has 4 heteroatoms. The van der Waals surface area contributed by atoms with E-state index in [0.29, 0.717) is 11.7 Å². The van der Waals surface area contributed by atoms with E-state index in [-0.39, 0.29) is 11.9 Å². The van der Waals surface area contributed by atoms with Gasteiger partial charge in [0.25, 0.3) is 5.91 Å². The van der Waals surface area contributed by atoms with Gasteiger partial charge in [-0.15, -0.1) is 0 Å². The zero-order valence-corrected chi connectivity index (χ0v) is 15.7. The van der Waals surface area contributed by atoms with Crippen LogP contribution in [0.2, 0.25) is 0 Å². The highest BCUT2D eigenvalue weighted by atomic mass is 16.2. The number of rotatable bonds is 4. The predicted molar refractivity (Wildman–Crippen MR) is 103 cm³/mol. The molecule has 2 aromatic rings. The van der Waals surface area contributed by atoms with Gasteiger partial charge < -0.3 is 5.32 Å². The van der Waals surface area contributed by atoms with Gasteiger partial charge in [-0.05, 0) is 51.0 Å². The van der Waals surface area contributed by atoms with Gasteiger partial charge in [0, 0.05) is 11.3 Å². The molecule has 0 radical (unpaired) electrons. The number of aromatic nitrogens is 2. The SMILES string of the molecule is C[C@@H](NC(=O)c1nn(C2CCCCC2)c2c1CCCC2)c1ccccc1. The number of nitrogens with zero attached hydrogens (tertiary/aromatic N) is 2. The first-order valence-corrected chi connectivity index (χ1v) is 10.2. The Morgan fingerprint density at radius 2 is 1.81 bits per heavy atom. The normalized spacial score (nSPS) is 19.0. The average Bonchev–Trinajstić information content (AvgIpc) is 3.09. The van der Waals surface area contributed by atoms with Crippen LogP contribution in [-0.4, -0.2) is 15.7 Å². The van der Waals surface area contributed by atoms with Crippen molar-refractivity contribution in [1.82, 2.24) is 15.1 Å². The quantitative estimate of drug-likeness (QED) is 0.863. The summed E-state index contributed by atoms with van der Waals surface area (Å²) in [6, 6.07) is 10.6. The molecule has 0 unspecified atom stereocenters. The van der Waals surface area contributed by atoms with Crippen molar-refractivity contribution in [3.05, 3.63) is 52.8 Å². The van der Waals surface area contributed by atoms with Crippen LogP contribution in [0.15, 0.2) is 30.3 Å². The van der Waals surface area contributed by atoms with Gasteiger partial charge in [0.1, 0.15) is 0 Å². The Kier molecular flexibility index (Phi) is 5.09. The van der Waals surface area contributed by atoms with Crippen molar-refractivity contribution in [3.8, 4) is 0 Å². The first-order chi connectivity index (χ1) is 12.7. The maximum atomic E-state index is 13.0. The smallest absolute Gasteiger partial charge is 0.272 e. The molecule has 1 aromatic heterocycles. The summed E-state index contributed by atoms with van der Waals surface area (Å²) in [5, 5.41) is 8.03. The Bertz CT molecular complexity index is 759. The third kappa shape index (κ3) is 3.42. The van der Waals surface area contributed by atoms with Gasteiger partial charge in [0.2, 0.25) is 0 Å². The summed E-state index contributed by atoms with van der Waals surface area (Å²) in [6.07, 6.45) is 10.8. The van der Waals surface area contributed by atoms with Crippen LogP contribution in [0.1, 0.15) is 91.3 Å².